The highest BCUT2D eigenvalue weighted by molar-refractivity contribution is 5.93. The van der Waals surface area contributed by atoms with Crippen molar-refractivity contribution in [3.63, 3.8) is 0 Å². The van der Waals surface area contributed by atoms with Gasteiger partial charge in [-0.2, -0.15) is 0 Å². The number of rotatable bonds is 5. The van der Waals surface area contributed by atoms with E-state index in [4.69, 9.17) is 8.83 Å². The van der Waals surface area contributed by atoms with Gasteiger partial charge in [-0.05, 0) is 32.3 Å². The minimum atomic E-state index is -0.156. The Kier molecular flexibility index (Phi) is 3.98. The summed E-state index contributed by atoms with van der Waals surface area (Å²) in [6, 6.07) is 11.5. The molecule has 1 N–H and O–H groups in total. The molecule has 114 valence electrons. The molecule has 0 unspecified atom stereocenters. The summed E-state index contributed by atoms with van der Waals surface area (Å²) >= 11 is 0. The first kappa shape index (κ1) is 14.4. The van der Waals surface area contributed by atoms with Crippen LogP contribution in [0, 0.1) is 0 Å². The number of amides is 1. The molecule has 0 saturated heterocycles. The Hall–Kier alpha value is -2.53. The molecule has 22 heavy (non-hydrogen) atoms. The minimum absolute atomic E-state index is 0.0387. The van der Waals surface area contributed by atoms with Gasteiger partial charge >= 0.3 is 0 Å². The highest BCUT2D eigenvalue weighted by Crippen LogP contribution is 2.26. The number of nitrogens with zero attached hydrogens (tertiary/aromatic N) is 1. The topological polar surface area (TPSA) is 58.6 Å². The maximum Gasteiger partial charge on any atom is 0.254 e. The second-order valence-corrected chi connectivity index (χ2v) is 5.39. The smallest absolute Gasteiger partial charge is 0.254 e. The van der Waals surface area contributed by atoms with Crippen molar-refractivity contribution in [1.82, 2.24) is 10.2 Å². The fraction of sp³-hybridized carbons (Fsp3) is 0.235. The minimum Gasteiger partial charge on any atom is -0.472 e. The van der Waals surface area contributed by atoms with Crippen molar-refractivity contribution in [3.8, 4) is 0 Å². The van der Waals surface area contributed by atoms with Gasteiger partial charge in [-0.1, -0.05) is 18.2 Å². The Morgan fingerprint density at radius 1 is 1.27 bits per heavy atom. The van der Waals surface area contributed by atoms with Crippen molar-refractivity contribution in [2.75, 3.05) is 20.6 Å². The van der Waals surface area contributed by atoms with Gasteiger partial charge in [0.1, 0.15) is 17.6 Å². The zero-order valence-electron chi connectivity index (χ0n) is 12.6. The second-order valence-electron chi connectivity index (χ2n) is 5.39. The summed E-state index contributed by atoms with van der Waals surface area (Å²) in [6.07, 6.45) is 2.92. The van der Waals surface area contributed by atoms with Crippen molar-refractivity contribution in [3.05, 3.63) is 60.2 Å². The summed E-state index contributed by atoms with van der Waals surface area (Å²) < 4.78 is 10.8. The molecule has 0 fully saturated rings. The Morgan fingerprint density at radius 2 is 2.09 bits per heavy atom. The quantitative estimate of drug-likeness (QED) is 0.786. The van der Waals surface area contributed by atoms with E-state index in [0.717, 1.165) is 16.7 Å². The molecule has 2 aromatic heterocycles. The normalized spacial score (nSPS) is 12.7. The van der Waals surface area contributed by atoms with Gasteiger partial charge in [0.2, 0.25) is 0 Å². The van der Waals surface area contributed by atoms with Crippen LogP contribution in [0.1, 0.15) is 22.2 Å². The lowest BCUT2D eigenvalue weighted by atomic mass is 10.1. The fourth-order valence-electron chi connectivity index (χ4n) is 2.39. The van der Waals surface area contributed by atoms with E-state index < -0.39 is 0 Å². The molecule has 2 heterocycles. The highest BCUT2D eigenvalue weighted by Gasteiger charge is 2.20. The summed E-state index contributed by atoms with van der Waals surface area (Å²) in [6.45, 7) is 0.455. The van der Waals surface area contributed by atoms with E-state index in [1.54, 1.807) is 6.07 Å². The predicted molar refractivity (Wildman–Crippen MR) is 83.7 cm³/mol. The number of hydrogen-bond donors (Lipinski definition) is 1. The lowest BCUT2D eigenvalue weighted by Crippen LogP contribution is -2.34. The lowest BCUT2D eigenvalue weighted by molar-refractivity contribution is 0.0938. The number of fused-ring (bicyclic) bond motifs is 1. The molecule has 0 bridgehead atoms. The number of carbonyl (C=O) groups excluding carboxylic acids is 1. The molecule has 0 aliphatic rings. The first-order valence-corrected chi connectivity index (χ1v) is 7.10. The standard InChI is InChI=1S/C17H18N2O3/c1-19(2)14(10-18-17(20)13-7-8-21-11-13)16-9-12-5-3-4-6-15(12)22-16/h3-9,11,14H,10H2,1-2H3,(H,18,20)/t14-/m0/s1. The van der Waals surface area contributed by atoms with Gasteiger partial charge in [0, 0.05) is 11.9 Å². The van der Waals surface area contributed by atoms with Gasteiger partial charge in [-0.25, -0.2) is 0 Å². The predicted octanol–water partition coefficient (Wildman–Crippen LogP) is 3.06. The number of para-hydroxylation sites is 1. The van der Waals surface area contributed by atoms with Crippen molar-refractivity contribution in [2.24, 2.45) is 0 Å². The third-order valence-electron chi connectivity index (χ3n) is 3.64. The number of nitrogens with one attached hydrogen (secondary N) is 1. The molecule has 0 spiro atoms. The summed E-state index contributed by atoms with van der Waals surface area (Å²) in [7, 11) is 3.92. The van der Waals surface area contributed by atoms with Crippen LogP contribution < -0.4 is 5.32 Å². The molecule has 0 saturated carbocycles. The highest BCUT2D eigenvalue weighted by atomic mass is 16.3. The molecule has 1 atom stereocenters. The molecule has 3 aromatic rings. The summed E-state index contributed by atoms with van der Waals surface area (Å²) in [5.41, 5.74) is 1.37. The van der Waals surface area contributed by atoms with Crippen LogP contribution in [0.25, 0.3) is 11.0 Å². The van der Waals surface area contributed by atoms with Crippen molar-refractivity contribution in [1.29, 1.82) is 0 Å². The van der Waals surface area contributed by atoms with Crippen LogP contribution in [0.3, 0.4) is 0 Å². The van der Waals surface area contributed by atoms with Crippen molar-refractivity contribution >= 4 is 16.9 Å². The van der Waals surface area contributed by atoms with E-state index in [0.29, 0.717) is 12.1 Å². The third kappa shape index (κ3) is 2.89. The maximum absolute atomic E-state index is 12.0. The van der Waals surface area contributed by atoms with E-state index >= 15 is 0 Å². The molecule has 1 aromatic carbocycles. The average molecular weight is 298 g/mol. The molecule has 1 amide bonds. The molecule has 0 aliphatic carbocycles. The van der Waals surface area contributed by atoms with Crippen molar-refractivity contribution in [2.45, 2.75) is 6.04 Å². The van der Waals surface area contributed by atoms with Gasteiger partial charge in [-0.15, -0.1) is 0 Å². The van der Waals surface area contributed by atoms with E-state index in [-0.39, 0.29) is 11.9 Å². The second kappa shape index (κ2) is 6.07. The summed E-state index contributed by atoms with van der Waals surface area (Å²) in [5.74, 6) is 0.676. The van der Waals surface area contributed by atoms with Crippen LogP contribution in [0.15, 0.2) is 57.8 Å². The van der Waals surface area contributed by atoms with E-state index in [9.17, 15) is 4.79 Å². The number of likely N-dealkylation sites (N-methyl/N-ethyl adjacent to an activating group) is 1. The number of benzene rings is 1. The van der Waals surface area contributed by atoms with Crippen LogP contribution in [-0.4, -0.2) is 31.4 Å². The molecular formula is C17H18N2O3. The number of furan rings is 2. The molecule has 3 rings (SSSR count). The first-order chi connectivity index (χ1) is 10.6. The van der Waals surface area contributed by atoms with Crippen LogP contribution in [0.4, 0.5) is 0 Å². The largest absolute Gasteiger partial charge is 0.472 e. The van der Waals surface area contributed by atoms with Crippen LogP contribution >= 0.6 is 0 Å². The SMILES string of the molecule is CN(C)[C@@H](CNC(=O)c1ccoc1)c1cc2ccccc2o1. The van der Waals surface area contributed by atoms with E-state index in [2.05, 4.69) is 5.32 Å². The zero-order valence-corrected chi connectivity index (χ0v) is 12.6. The summed E-state index contributed by atoms with van der Waals surface area (Å²) in [4.78, 5) is 14.0. The molecule has 5 heteroatoms. The van der Waals surface area contributed by atoms with Crippen LogP contribution in [-0.2, 0) is 0 Å². The first-order valence-electron chi connectivity index (χ1n) is 7.10. The molecular weight excluding hydrogens is 280 g/mol. The molecule has 0 radical (unpaired) electrons. The lowest BCUT2D eigenvalue weighted by Gasteiger charge is -2.22. The van der Waals surface area contributed by atoms with Gasteiger partial charge in [-0.3, -0.25) is 9.69 Å². The maximum atomic E-state index is 12.0. The van der Waals surface area contributed by atoms with Crippen LogP contribution in [0.5, 0.6) is 0 Å². The number of hydrogen-bond acceptors (Lipinski definition) is 4. The molecule has 5 nitrogen and oxygen atoms in total. The average Bonchev–Trinajstić information content (AvgIpc) is 3.16. The van der Waals surface area contributed by atoms with Gasteiger partial charge in [0.15, 0.2) is 0 Å². The Labute approximate surface area is 128 Å². The van der Waals surface area contributed by atoms with E-state index in [1.807, 2.05) is 49.3 Å². The van der Waals surface area contributed by atoms with Crippen molar-refractivity contribution < 1.29 is 13.6 Å². The summed E-state index contributed by atoms with van der Waals surface area (Å²) in [5, 5.41) is 3.97. The van der Waals surface area contributed by atoms with Gasteiger partial charge < -0.3 is 14.2 Å². The fourth-order valence-corrected chi connectivity index (χ4v) is 2.39. The van der Waals surface area contributed by atoms with Crippen LogP contribution in [0.2, 0.25) is 0 Å². The Balaban J connectivity index is 1.76. The third-order valence-corrected chi connectivity index (χ3v) is 3.64. The Morgan fingerprint density at radius 3 is 2.77 bits per heavy atom. The monoisotopic (exact) mass is 298 g/mol. The molecule has 0 aliphatic heterocycles. The zero-order chi connectivity index (χ0) is 15.5. The Bertz CT molecular complexity index is 726. The van der Waals surface area contributed by atoms with Gasteiger partial charge in [0.05, 0.1) is 17.9 Å². The van der Waals surface area contributed by atoms with Gasteiger partial charge in [0.25, 0.3) is 5.91 Å². The van der Waals surface area contributed by atoms with E-state index in [1.165, 1.54) is 12.5 Å². The number of carbonyl (C=O) groups is 1.